The molecule has 0 radical (unpaired) electrons. The van der Waals surface area contributed by atoms with Crippen LogP contribution in [0.15, 0.2) is 68.6 Å². The van der Waals surface area contributed by atoms with E-state index in [0.717, 1.165) is 6.07 Å². The summed E-state index contributed by atoms with van der Waals surface area (Å²) in [5.41, 5.74) is -0.0713. The van der Waals surface area contributed by atoms with Gasteiger partial charge in [-0.3, -0.25) is 18.1 Å². The SMILES string of the molecule is CC(=O)Nc1cc(NCS(=O)(=O)O)ccc1/N=N/c1ccc2cc(S(=O)(=O)CCOSOOO)ccc2c1S(=O)(=O)O. The molecule has 1 amide bonds. The zero-order valence-corrected chi connectivity index (χ0v) is 24.5. The highest BCUT2D eigenvalue weighted by molar-refractivity contribution is 7.91. The van der Waals surface area contributed by atoms with Gasteiger partial charge in [0, 0.05) is 18.0 Å². The molecule has 3 aromatic rings. The molecule has 17 nitrogen and oxygen atoms in total. The minimum absolute atomic E-state index is 0.0155. The monoisotopic (exact) mass is 666 g/mol. The van der Waals surface area contributed by atoms with E-state index in [9.17, 15) is 34.6 Å². The summed E-state index contributed by atoms with van der Waals surface area (Å²) in [4.78, 5) is 10.8. The number of hydrogen-bond donors (Lipinski definition) is 5. The molecule has 42 heavy (non-hydrogen) atoms. The van der Waals surface area contributed by atoms with Crippen molar-refractivity contribution in [1.82, 2.24) is 0 Å². The number of hydrogen-bond acceptors (Lipinski definition) is 15. The van der Waals surface area contributed by atoms with Gasteiger partial charge in [0.15, 0.2) is 22.2 Å². The van der Waals surface area contributed by atoms with Crippen molar-refractivity contribution in [2.45, 2.75) is 16.7 Å². The zero-order chi connectivity index (χ0) is 31.1. The fourth-order valence-corrected chi connectivity index (χ4v) is 6.07. The second-order valence-electron chi connectivity index (χ2n) is 8.14. The number of carbonyl (C=O) groups is 1. The number of anilines is 2. The second kappa shape index (κ2) is 13.8. The van der Waals surface area contributed by atoms with Gasteiger partial charge in [-0.15, -0.1) is 14.6 Å². The van der Waals surface area contributed by atoms with Gasteiger partial charge in [-0.05, 0) is 41.8 Å². The molecule has 228 valence electrons. The lowest BCUT2D eigenvalue weighted by atomic mass is 10.1. The van der Waals surface area contributed by atoms with Gasteiger partial charge in [-0.1, -0.05) is 17.2 Å². The first-order valence-corrected chi connectivity index (χ1v) is 16.5. The molecular formula is C21H22N4O13S4. The van der Waals surface area contributed by atoms with Crippen molar-refractivity contribution in [3.8, 4) is 0 Å². The average molecular weight is 667 g/mol. The van der Waals surface area contributed by atoms with Crippen LogP contribution in [0, 0.1) is 0 Å². The molecule has 0 aromatic heterocycles. The molecule has 0 unspecified atom stereocenters. The Morgan fingerprint density at radius 3 is 2.29 bits per heavy atom. The van der Waals surface area contributed by atoms with Gasteiger partial charge in [0.25, 0.3) is 20.2 Å². The number of azo groups is 1. The molecule has 3 rings (SSSR count). The number of sulfone groups is 1. The van der Waals surface area contributed by atoms with Gasteiger partial charge >= 0.3 is 0 Å². The first-order valence-electron chi connectivity index (χ1n) is 11.2. The number of nitrogens with one attached hydrogen (secondary N) is 2. The van der Waals surface area contributed by atoms with Crippen LogP contribution < -0.4 is 10.6 Å². The molecule has 0 saturated heterocycles. The highest BCUT2D eigenvalue weighted by Crippen LogP contribution is 2.36. The number of benzene rings is 3. The average Bonchev–Trinajstić information content (AvgIpc) is 2.89. The smallest absolute Gasteiger partial charge is 0.297 e. The van der Waals surface area contributed by atoms with Crippen molar-refractivity contribution in [2.75, 3.05) is 28.9 Å². The molecule has 0 heterocycles. The van der Waals surface area contributed by atoms with E-state index in [1.165, 1.54) is 49.4 Å². The summed E-state index contributed by atoms with van der Waals surface area (Å²) >= 11 is 0.203. The van der Waals surface area contributed by atoms with Crippen molar-refractivity contribution in [3.63, 3.8) is 0 Å². The minimum atomic E-state index is -4.93. The largest absolute Gasteiger partial charge is 0.370 e. The number of amides is 1. The Kier molecular flexibility index (Phi) is 10.9. The Balaban J connectivity index is 1.99. The lowest BCUT2D eigenvalue weighted by Crippen LogP contribution is -2.13. The summed E-state index contributed by atoms with van der Waals surface area (Å²) in [5.74, 6) is -1.84. The molecule has 3 aromatic carbocycles. The van der Waals surface area contributed by atoms with E-state index in [4.69, 9.17) is 14.0 Å². The summed E-state index contributed by atoms with van der Waals surface area (Å²) in [6, 6.07) is 9.98. The third-order valence-corrected chi connectivity index (χ3v) is 8.62. The van der Waals surface area contributed by atoms with Crippen LogP contribution in [-0.4, -0.2) is 63.8 Å². The van der Waals surface area contributed by atoms with E-state index >= 15 is 0 Å². The highest BCUT2D eigenvalue weighted by Gasteiger charge is 2.22. The molecular weight excluding hydrogens is 645 g/mol. The first kappa shape index (κ1) is 33.3. The Morgan fingerprint density at radius 2 is 1.64 bits per heavy atom. The summed E-state index contributed by atoms with van der Waals surface area (Å²) in [5, 5.41) is 24.2. The number of fused-ring (bicyclic) bond motifs is 1. The van der Waals surface area contributed by atoms with Crippen LogP contribution in [-0.2, 0) is 48.4 Å². The van der Waals surface area contributed by atoms with Gasteiger partial charge < -0.3 is 10.6 Å². The molecule has 0 aliphatic rings. The second-order valence-corrected chi connectivity index (χ2v) is 13.6. The van der Waals surface area contributed by atoms with Crippen LogP contribution in [0.25, 0.3) is 10.8 Å². The topological polar surface area (TPSA) is 257 Å². The Morgan fingerprint density at radius 1 is 0.952 bits per heavy atom. The van der Waals surface area contributed by atoms with Crippen LogP contribution in [0.4, 0.5) is 22.7 Å². The fourth-order valence-electron chi connectivity index (χ4n) is 3.44. The highest BCUT2D eigenvalue weighted by atomic mass is 32.2. The van der Waals surface area contributed by atoms with Gasteiger partial charge in [-0.2, -0.15) is 16.8 Å². The number of nitrogens with zero attached hydrogens (tertiary/aromatic N) is 2. The lowest BCUT2D eigenvalue weighted by molar-refractivity contribution is -0.434. The Labute approximate surface area is 243 Å². The zero-order valence-electron chi connectivity index (χ0n) is 21.2. The predicted molar refractivity (Wildman–Crippen MR) is 149 cm³/mol. The van der Waals surface area contributed by atoms with Gasteiger partial charge in [0.1, 0.15) is 22.1 Å². The molecule has 0 spiro atoms. The lowest BCUT2D eigenvalue weighted by Gasteiger charge is -2.11. The van der Waals surface area contributed by atoms with Crippen LogP contribution >= 0.6 is 12.3 Å². The van der Waals surface area contributed by atoms with E-state index in [2.05, 4.69) is 30.2 Å². The number of carbonyl (C=O) groups excluding carboxylic acids is 1. The van der Waals surface area contributed by atoms with E-state index in [-0.39, 0.29) is 57.3 Å². The molecule has 21 heteroatoms. The van der Waals surface area contributed by atoms with E-state index in [1.54, 1.807) is 0 Å². The maximum Gasteiger partial charge on any atom is 0.297 e. The normalized spacial score (nSPS) is 12.6. The van der Waals surface area contributed by atoms with Crippen LogP contribution in [0.1, 0.15) is 6.92 Å². The summed E-state index contributed by atoms with van der Waals surface area (Å²) in [7, 11) is -13.2. The fraction of sp³-hybridized carbons (Fsp3) is 0.190. The van der Waals surface area contributed by atoms with Crippen molar-refractivity contribution >= 4 is 81.8 Å². The molecule has 0 aliphatic carbocycles. The summed E-state index contributed by atoms with van der Waals surface area (Å²) in [6.45, 7) is 0.849. The molecule has 0 bridgehead atoms. The van der Waals surface area contributed by atoms with Crippen LogP contribution in [0.5, 0.6) is 0 Å². The van der Waals surface area contributed by atoms with Crippen molar-refractivity contribution in [3.05, 3.63) is 48.5 Å². The minimum Gasteiger partial charge on any atom is -0.370 e. The third-order valence-electron chi connectivity index (χ3n) is 5.11. The van der Waals surface area contributed by atoms with E-state index < -0.39 is 52.5 Å². The predicted octanol–water partition coefficient (Wildman–Crippen LogP) is 3.49. The quantitative estimate of drug-likeness (QED) is 0.0412. The van der Waals surface area contributed by atoms with E-state index in [0.29, 0.717) is 0 Å². The molecule has 0 fully saturated rings. The van der Waals surface area contributed by atoms with Gasteiger partial charge in [0.2, 0.25) is 5.91 Å². The Bertz CT molecular complexity index is 1830. The molecule has 0 saturated carbocycles. The number of rotatable bonds is 14. The maximum absolute atomic E-state index is 12.7. The van der Waals surface area contributed by atoms with Crippen molar-refractivity contribution < 1.29 is 58.0 Å². The third kappa shape index (κ3) is 9.38. The summed E-state index contributed by atoms with van der Waals surface area (Å²) in [6.07, 6.45) is 0. The molecule has 0 aliphatic heterocycles. The standard InChI is InChI=1S/C21H22N4O13S4/c1-13(26)23-20-11-15(22-12-41(30,31)32)3-7-18(20)24-25-19-6-2-14-10-16(4-5-17(14)21(19)42(33,34)35)40(28,29)9-8-36-39-38-37-27/h2-7,10-11,22,27H,8-9,12H2,1H3,(H,23,26)(H,30,31,32)(H,33,34,35)/b25-24+. The van der Waals surface area contributed by atoms with Gasteiger partial charge in [-0.25, -0.2) is 13.7 Å². The van der Waals surface area contributed by atoms with Crippen LogP contribution in [0.3, 0.4) is 0 Å². The Hall–Kier alpha value is -3.25. The summed E-state index contributed by atoms with van der Waals surface area (Å²) < 4.78 is 99.6. The van der Waals surface area contributed by atoms with Crippen molar-refractivity contribution in [2.24, 2.45) is 10.2 Å². The maximum atomic E-state index is 12.7. The molecule has 0 atom stereocenters. The van der Waals surface area contributed by atoms with Gasteiger partial charge in [0.05, 0.1) is 22.9 Å². The van der Waals surface area contributed by atoms with Crippen molar-refractivity contribution in [1.29, 1.82) is 0 Å². The van der Waals surface area contributed by atoms with Crippen LogP contribution in [0.2, 0.25) is 0 Å². The first-order chi connectivity index (χ1) is 19.6. The molecule has 5 N–H and O–H groups in total. The van der Waals surface area contributed by atoms with E-state index in [1.807, 2.05) is 0 Å².